The maximum Gasteiger partial charge on any atom is 0.287 e. The molecular formula is C6H6O2. The van der Waals surface area contributed by atoms with E-state index in [1.807, 2.05) is 6.07 Å². The molecule has 0 saturated heterocycles. The molecule has 0 aromatic carbocycles. The van der Waals surface area contributed by atoms with Gasteiger partial charge < -0.3 is 9.15 Å². The van der Waals surface area contributed by atoms with Crippen LogP contribution in [0.25, 0.3) is 0 Å². The maximum absolute atomic E-state index is 5.07. The van der Waals surface area contributed by atoms with E-state index in [0.29, 0.717) is 5.95 Å². The zero-order chi connectivity index (χ0) is 5.40. The molecule has 1 aliphatic rings. The van der Waals surface area contributed by atoms with Gasteiger partial charge in [-0.3, -0.25) is 0 Å². The maximum atomic E-state index is 5.07. The van der Waals surface area contributed by atoms with Crippen LogP contribution in [0.5, 0.6) is 5.95 Å². The van der Waals surface area contributed by atoms with E-state index in [4.69, 9.17) is 9.15 Å². The molecule has 42 valence electrons. The lowest BCUT2D eigenvalue weighted by molar-refractivity contribution is 0.274. The summed E-state index contributed by atoms with van der Waals surface area (Å²) in [6.45, 7) is 0.787. The second-order valence-electron chi connectivity index (χ2n) is 1.83. The Kier molecular flexibility index (Phi) is 0.640. The summed E-state index contributed by atoms with van der Waals surface area (Å²) in [6, 6.07) is 1.95. The topological polar surface area (TPSA) is 22.4 Å². The third-order valence-corrected chi connectivity index (χ3v) is 1.31. The van der Waals surface area contributed by atoms with E-state index in [9.17, 15) is 0 Å². The van der Waals surface area contributed by atoms with E-state index in [1.165, 1.54) is 5.56 Å². The molecule has 0 bridgehead atoms. The zero-order valence-electron chi connectivity index (χ0n) is 4.39. The summed E-state index contributed by atoms with van der Waals surface area (Å²) in [7, 11) is 0. The number of fused-ring (bicyclic) bond motifs is 1. The molecule has 0 spiro atoms. The highest BCUT2D eigenvalue weighted by molar-refractivity contribution is 5.25. The molecule has 8 heavy (non-hydrogen) atoms. The van der Waals surface area contributed by atoms with Crippen LogP contribution in [-0.4, -0.2) is 6.61 Å². The molecule has 0 amide bonds. The minimum Gasteiger partial charge on any atom is -0.465 e. The lowest BCUT2D eigenvalue weighted by Crippen LogP contribution is -1.86. The molecule has 1 aromatic heterocycles. The Labute approximate surface area is 47.1 Å². The van der Waals surface area contributed by atoms with Gasteiger partial charge in [-0.2, -0.15) is 0 Å². The fourth-order valence-corrected chi connectivity index (χ4v) is 0.887. The van der Waals surface area contributed by atoms with Crippen molar-refractivity contribution in [2.24, 2.45) is 0 Å². The van der Waals surface area contributed by atoms with Gasteiger partial charge in [-0.05, 0) is 6.07 Å². The first-order valence-corrected chi connectivity index (χ1v) is 2.66. The van der Waals surface area contributed by atoms with Crippen LogP contribution in [0.4, 0.5) is 0 Å². The van der Waals surface area contributed by atoms with Crippen molar-refractivity contribution in [2.45, 2.75) is 6.42 Å². The van der Waals surface area contributed by atoms with E-state index in [0.717, 1.165) is 13.0 Å². The van der Waals surface area contributed by atoms with Gasteiger partial charge >= 0.3 is 0 Å². The standard InChI is InChI=1S/C6H6O2/c1-3-7-6-5(1)2-4-8-6/h1,3H,2,4H2. The summed E-state index contributed by atoms with van der Waals surface area (Å²) in [4.78, 5) is 0. The van der Waals surface area contributed by atoms with Crippen LogP contribution in [0.2, 0.25) is 0 Å². The van der Waals surface area contributed by atoms with Gasteiger partial charge in [0.05, 0.1) is 12.9 Å². The molecule has 0 saturated carbocycles. The van der Waals surface area contributed by atoms with Gasteiger partial charge in [0, 0.05) is 12.0 Å². The summed E-state index contributed by atoms with van der Waals surface area (Å²) in [5, 5.41) is 0. The van der Waals surface area contributed by atoms with Crippen LogP contribution in [0.1, 0.15) is 5.56 Å². The van der Waals surface area contributed by atoms with Gasteiger partial charge in [0.25, 0.3) is 5.95 Å². The van der Waals surface area contributed by atoms with Gasteiger partial charge in [-0.25, -0.2) is 0 Å². The Morgan fingerprint density at radius 3 is 3.38 bits per heavy atom. The van der Waals surface area contributed by atoms with E-state index in [-0.39, 0.29) is 0 Å². The van der Waals surface area contributed by atoms with Crippen LogP contribution >= 0.6 is 0 Å². The fraction of sp³-hybridized carbons (Fsp3) is 0.333. The Morgan fingerprint density at radius 1 is 1.50 bits per heavy atom. The van der Waals surface area contributed by atoms with E-state index < -0.39 is 0 Å². The molecule has 0 aliphatic carbocycles. The van der Waals surface area contributed by atoms with E-state index >= 15 is 0 Å². The average molecular weight is 110 g/mol. The monoisotopic (exact) mass is 110 g/mol. The largest absolute Gasteiger partial charge is 0.465 e. The van der Waals surface area contributed by atoms with Crippen molar-refractivity contribution >= 4 is 0 Å². The molecule has 0 fully saturated rings. The molecule has 1 aromatic rings. The fourth-order valence-electron chi connectivity index (χ4n) is 0.887. The summed E-state index contributed by atoms with van der Waals surface area (Å²) in [6.07, 6.45) is 2.66. The summed E-state index contributed by atoms with van der Waals surface area (Å²) >= 11 is 0. The second kappa shape index (κ2) is 1.28. The molecule has 2 rings (SSSR count). The van der Waals surface area contributed by atoms with Crippen LogP contribution in [0.3, 0.4) is 0 Å². The first-order valence-electron chi connectivity index (χ1n) is 2.66. The van der Waals surface area contributed by atoms with Crippen molar-refractivity contribution in [3.8, 4) is 5.95 Å². The van der Waals surface area contributed by atoms with Crippen LogP contribution in [0, 0.1) is 0 Å². The van der Waals surface area contributed by atoms with Crippen LogP contribution < -0.4 is 4.74 Å². The highest BCUT2D eigenvalue weighted by atomic mass is 16.6. The lowest BCUT2D eigenvalue weighted by atomic mass is 10.3. The first-order chi connectivity index (χ1) is 3.97. The first kappa shape index (κ1) is 4.01. The normalized spacial score (nSPS) is 15.5. The van der Waals surface area contributed by atoms with E-state index in [1.54, 1.807) is 6.26 Å². The molecule has 2 nitrogen and oxygen atoms in total. The Hall–Kier alpha value is -0.920. The SMILES string of the molecule is c1cc2c(o1)OCC2. The van der Waals surface area contributed by atoms with Crippen LogP contribution in [0.15, 0.2) is 16.7 Å². The van der Waals surface area contributed by atoms with Crippen molar-refractivity contribution < 1.29 is 9.15 Å². The predicted octanol–water partition coefficient (Wildman–Crippen LogP) is 1.21. The summed E-state index contributed by atoms with van der Waals surface area (Å²) < 4.78 is 10.0. The van der Waals surface area contributed by atoms with Crippen molar-refractivity contribution in [3.63, 3.8) is 0 Å². The third kappa shape index (κ3) is 0.372. The number of hydrogen-bond acceptors (Lipinski definition) is 2. The van der Waals surface area contributed by atoms with Crippen molar-refractivity contribution in [2.75, 3.05) is 6.61 Å². The second-order valence-corrected chi connectivity index (χ2v) is 1.83. The van der Waals surface area contributed by atoms with Crippen molar-refractivity contribution in [3.05, 3.63) is 17.9 Å². The van der Waals surface area contributed by atoms with Crippen molar-refractivity contribution in [1.82, 2.24) is 0 Å². The highest BCUT2D eigenvalue weighted by Gasteiger charge is 2.13. The molecule has 0 unspecified atom stereocenters. The zero-order valence-corrected chi connectivity index (χ0v) is 4.39. The highest BCUT2D eigenvalue weighted by Crippen LogP contribution is 2.24. The molecular weight excluding hydrogens is 104 g/mol. The number of ether oxygens (including phenoxy) is 1. The minimum absolute atomic E-state index is 0.713. The van der Waals surface area contributed by atoms with Crippen molar-refractivity contribution in [1.29, 1.82) is 0 Å². The van der Waals surface area contributed by atoms with Gasteiger partial charge in [-0.1, -0.05) is 0 Å². The summed E-state index contributed by atoms with van der Waals surface area (Å²) in [5.74, 6) is 0.713. The van der Waals surface area contributed by atoms with Gasteiger partial charge in [0.1, 0.15) is 0 Å². The average Bonchev–Trinajstić information content (AvgIpc) is 2.15. The Morgan fingerprint density at radius 2 is 2.50 bits per heavy atom. The number of rotatable bonds is 0. The quantitative estimate of drug-likeness (QED) is 0.501. The molecule has 0 N–H and O–H groups in total. The molecule has 1 aliphatic heterocycles. The Balaban J connectivity index is 2.54. The lowest BCUT2D eigenvalue weighted by Gasteiger charge is -1.86. The van der Waals surface area contributed by atoms with Gasteiger partial charge in [0.15, 0.2) is 0 Å². The molecule has 2 heterocycles. The Bertz CT molecular complexity index is 172. The molecule has 0 atom stereocenters. The molecule has 2 heteroatoms. The number of hydrogen-bond donors (Lipinski definition) is 0. The van der Waals surface area contributed by atoms with E-state index in [2.05, 4.69) is 0 Å². The minimum atomic E-state index is 0.713. The third-order valence-electron chi connectivity index (χ3n) is 1.31. The summed E-state index contributed by atoms with van der Waals surface area (Å²) in [5.41, 5.74) is 1.20. The van der Waals surface area contributed by atoms with Gasteiger partial charge in [-0.15, -0.1) is 0 Å². The van der Waals surface area contributed by atoms with Gasteiger partial charge in [0.2, 0.25) is 0 Å². The smallest absolute Gasteiger partial charge is 0.287 e. The van der Waals surface area contributed by atoms with Crippen LogP contribution in [-0.2, 0) is 6.42 Å². The predicted molar refractivity (Wildman–Crippen MR) is 27.9 cm³/mol. The molecule has 0 radical (unpaired) electrons. The number of furan rings is 1.